The molecule has 1 fully saturated rings. The Morgan fingerprint density at radius 3 is 2.64 bits per heavy atom. The van der Waals surface area contributed by atoms with Crippen molar-refractivity contribution in [2.75, 3.05) is 18.8 Å². The molecule has 1 amide bonds. The van der Waals surface area contributed by atoms with E-state index in [1.54, 1.807) is 6.92 Å². The summed E-state index contributed by atoms with van der Waals surface area (Å²) >= 11 is 0. The quantitative estimate of drug-likeness (QED) is 0.904. The third-order valence-electron chi connectivity index (χ3n) is 4.04. The van der Waals surface area contributed by atoms with Crippen LogP contribution in [0.5, 0.6) is 0 Å². The van der Waals surface area contributed by atoms with E-state index in [0.717, 1.165) is 18.5 Å². The van der Waals surface area contributed by atoms with Crippen molar-refractivity contribution in [3.63, 3.8) is 0 Å². The minimum absolute atomic E-state index is 0.0902. The molecule has 0 aromatic carbocycles. The summed E-state index contributed by atoms with van der Waals surface area (Å²) in [4.78, 5) is 22.5. The highest BCUT2D eigenvalue weighted by Gasteiger charge is 2.26. The molecule has 2 aromatic rings. The zero-order valence-corrected chi connectivity index (χ0v) is 12.9. The number of piperidine rings is 1. The monoisotopic (exact) mass is 300 g/mol. The molecule has 1 saturated heterocycles. The maximum Gasteiger partial charge on any atom is 0.259 e. The van der Waals surface area contributed by atoms with E-state index in [0.29, 0.717) is 30.5 Å². The Bertz CT molecular complexity index is 687. The molecule has 0 atom stereocenters. The molecule has 0 aliphatic carbocycles. The summed E-state index contributed by atoms with van der Waals surface area (Å²) in [6.45, 7) is 5.11. The van der Waals surface area contributed by atoms with Gasteiger partial charge < -0.3 is 10.6 Å². The number of carbonyl (C=O) groups is 1. The smallest absolute Gasteiger partial charge is 0.259 e. The second-order valence-corrected chi connectivity index (χ2v) is 5.68. The van der Waals surface area contributed by atoms with E-state index in [4.69, 9.17) is 5.73 Å². The first-order chi connectivity index (χ1) is 10.5. The van der Waals surface area contributed by atoms with Crippen molar-refractivity contribution in [1.29, 1.82) is 0 Å². The van der Waals surface area contributed by atoms with Crippen molar-refractivity contribution in [2.24, 2.45) is 0 Å². The molecule has 116 valence electrons. The van der Waals surface area contributed by atoms with Crippen LogP contribution in [0.1, 0.15) is 40.8 Å². The topological polar surface area (TPSA) is 89.9 Å². The van der Waals surface area contributed by atoms with Gasteiger partial charge in [0.1, 0.15) is 17.2 Å². The van der Waals surface area contributed by atoms with Crippen LogP contribution in [-0.4, -0.2) is 43.6 Å². The van der Waals surface area contributed by atoms with Crippen molar-refractivity contribution in [2.45, 2.75) is 32.7 Å². The van der Waals surface area contributed by atoms with Crippen LogP contribution in [-0.2, 0) is 0 Å². The van der Waals surface area contributed by atoms with Crippen LogP contribution in [0.15, 0.2) is 18.5 Å². The van der Waals surface area contributed by atoms with Gasteiger partial charge in [0, 0.05) is 25.5 Å². The van der Waals surface area contributed by atoms with E-state index in [9.17, 15) is 4.79 Å². The van der Waals surface area contributed by atoms with Gasteiger partial charge in [0.05, 0.1) is 11.7 Å². The zero-order chi connectivity index (χ0) is 15.7. The molecule has 1 aliphatic rings. The van der Waals surface area contributed by atoms with E-state index in [1.807, 2.05) is 28.8 Å². The molecule has 0 bridgehead atoms. The van der Waals surface area contributed by atoms with Gasteiger partial charge in [0.2, 0.25) is 0 Å². The van der Waals surface area contributed by atoms with Gasteiger partial charge in [0.25, 0.3) is 5.91 Å². The number of aryl methyl sites for hydroxylation is 2. The summed E-state index contributed by atoms with van der Waals surface area (Å²) < 4.78 is 2.00. The molecule has 0 saturated carbocycles. The van der Waals surface area contributed by atoms with Crippen molar-refractivity contribution < 1.29 is 4.79 Å². The maximum atomic E-state index is 12.5. The molecule has 7 heteroatoms. The van der Waals surface area contributed by atoms with Crippen LogP contribution in [0, 0.1) is 13.8 Å². The van der Waals surface area contributed by atoms with E-state index in [-0.39, 0.29) is 11.7 Å². The van der Waals surface area contributed by atoms with Crippen molar-refractivity contribution >= 4 is 11.7 Å². The first-order valence-electron chi connectivity index (χ1n) is 7.45. The minimum Gasteiger partial charge on any atom is -0.383 e. The molecular formula is C15H20N6O. The van der Waals surface area contributed by atoms with Crippen LogP contribution >= 0.6 is 0 Å². The Balaban J connectivity index is 1.67. The number of likely N-dealkylation sites (tertiary alicyclic amines) is 1. The van der Waals surface area contributed by atoms with E-state index < -0.39 is 0 Å². The lowest BCUT2D eigenvalue weighted by molar-refractivity contribution is 0.0690. The summed E-state index contributed by atoms with van der Waals surface area (Å²) in [6, 6.07) is 2.35. The molecule has 2 N–H and O–H groups in total. The van der Waals surface area contributed by atoms with Gasteiger partial charge >= 0.3 is 0 Å². The third-order valence-corrected chi connectivity index (χ3v) is 4.04. The fourth-order valence-corrected chi connectivity index (χ4v) is 2.79. The highest BCUT2D eigenvalue weighted by Crippen LogP contribution is 2.23. The number of nitrogens with two attached hydrogens (primary N) is 1. The molecule has 0 spiro atoms. The number of aromatic nitrogens is 4. The number of hydrogen-bond acceptors (Lipinski definition) is 5. The first-order valence-corrected chi connectivity index (χ1v) is 7.45. The number of nitrogens with zero attached hydrogens (tertiary/aromatic N) is 5. The van der Waals surface area contributed by atoms with Gasteiger partial charge in [-0.05, 0) is 32.8 Å². The molecule has 3 heterocycles. The van der Waals surface area contributed by atoms with E-state index >= 15 is 0 Å². The molecule has 22 heavy (non-hydrogen) atoms. The van der Waals surface area contributed by atoms with Gasteiger partial charge in [-0.15, -0.1) is 0 Å². The molecular weight excluding hydrogens is 280 g/mol. The lowest BCUT2D eigenvalue weighted by Gasteiger charge is -2.32. The normalized spacial score (nSPS) is 16.0. The Labute approximate surface area is 129 Å². The molecule has 1 aliphatic heterocycles. The average Bonchev–Trinajstić information content (AvgIpc) is 2.93. The highest BCUT2D eigenvalue weighted by atomic mass is 16.2. The lowest BCUT2D eigenvalue weighted by atomic mass is 10.0. The molecule has 0 radical (unpaired) electrons. The van der Waals surface area contributed by atoms with Crippen molar-refractivity contribution in [3.8, 4) is 0 Å². The van der Waals surface area contributed by atoms with Gasteiger partial charge in [-0.1, -0.05) is 0 Å². The summed E-state index contributed by atoms with van der Waals surface area (Å²) in [7, 11) is 0. The number of carbonyl (C=O) groups excluding carboxylic acids is 1. The van der Waals surface area contributed by atoms with Crippen LogP contribution in [0.2, 0.25) is 0 Å². The third kappa shape index (κ3) is 2.79. The number of rotatable bonds is 2. The first kappa shape index (κ1) is 14.5. The summed E-state index contributed by atoms with van der Waals surface area (Å²) in [5.74, 6) is 0.733. The van der Waals surface area contributed by atoms with Crippen molar-refractivity contribution in [1.82, 2.24) is 24.6 Å². The van der Waals surface area contributed by atoms with E-state index in [2.05, 4.69) is 15.1 Å². The number of amides is 1. The van der Waals surface area contributed by atoms with Gasteiger partial charge in [-0.2, -0.15) is 5.10 Å². The molecule has 3 rings (SSSR count). The van der Waals surface area contributed by atoms with Gasteiger partial charge in [0.15, 0.2) is 0 Å². The lowest BCUT2D eigenvalue weighted by Crippen LogP contribution is -2.39. The van der Waals surface area contributed by atoms with Crippen LogP contribution in [0.3, 0.4) is 0 Å². The van der Waals surface area contributed by atoms with Gasteiger partial charge in [-0.25, -0.2) is 9.97 Å². The SMILES string of the molecule is Cc1ccn(C2CCN(C(=O)c3cnc(C)nc3N)CC2)n1. The van der Waals surface area contributed by atoms with Crippen LogP contribution in [0.4, 0.5) is 5.82 Å². The number of hydrogen-bond donors (Lipinski definition) is 1. The van der Waals surface area contributed by atoms with Crippen LogP contribution < -0.4 is 5.73 Å². The Morgan fingerprint density at radius 1 is 1.32 bits per heavy atom. The average molecular weight is 300 g/mol. The fourth-order valence-electron chi connectivity index (χ4n) is 2.79. The second kappa shape index (κ2) is 5.75. The zero-order valence-electron chi connectivity index (χ0n) is 12.9. The summed E-state index contributed by atoms with van der Waals surface area (Å²) in [5, 5.41) is 4.46. The Hall–Kier alpha value is -2.44. The number of anilines is 1. The standard InChI is InChI=1S/C15H20N6O/c1-10-3-8-21(19-10)12-4-6-20(7-5-12)15(22)13-9-17-11(2)18-14(13)16/h3,8-9,12H,4-7H2,1-2H3,(H2,16,17,18). The molecule has 0 unspecified atom stereocenters. The Kier molecular flexibility index (Phi) is 3.79. The van der Waals surface area contributed by atoms with E-state index in [1.165, 1.54) is 6.20 Å². The minimum atomic E-state index is -0.0902. The Morgan fingerprint density at radius 2 is 2.05 bits per heavy atom. The predicted octanol–water partition coefficient (Wildman–Crippen LogP) is 1.35. The maximum absolute atomic E-state index is 12.5. The summed E-state index contributed by atoms with van der Waals surface area (Å²) in [5.41, 5.74) is 7.24. The summed E-state index contributed by atoms with van der Waals surface area (Å²) in [6.07, 6.45) is 5.30. The molecule has 2 aromatic heterocycles. The second-order valence-electron chi connectivity index (χ2n) is 5.68. The van der Waals surface area contributed by atoms with Crippen molar-refractivity contribution in [3.05, 3.63) is 35.5 Å². The predicted molar refractivity (Wildman–Crippen MR) is 82.3 cm³/mol. The fraction of sp³-hybridized carbons (Fsp3) is 0.467. The number of nitrogen functional groups attached to an aromatic ring is 1. The largest absolute Gasteiger partial charge is 0.383 e. The van der Waals surface area contributed by atoms with Gasteiger partial charge in [-0.3, -0.25) is 9.48 Å². The molecule has 7 nitrogen and oxygen atoms in total. The highest BCUT2D eigenvalue weighted by molar-refractivity contribution is 5.98. The van der Waals surface area contributed by atoms with Crippen LogP contribution in [0.25, 0.3) is 0 Å².